The average molecular weight is 201 g/mol. The van der Waals surface area contributed by atoms with Crippen LogP contribution in [-0.4, -0.2) is 39.0 Å². The normalized spacial score (nSPS) is 21.0. The monoisotopic (exact) mass is 201 g/mol. The third-order valence-electron chi connectivity index (χ3n) is 2.61. The molecule has 1 saturated heterocycles. The van der Waals surface area contributed by atoms with Gasteiger partial charge >= 0.3 is 0 Å². The number of nitrogens with one attached hydrogen (secondary N) is 1. The molecule has 1 aliphatic rings. The van der Waals surface area contributed by atoms with Crippen LogP contribution < -0.4 is 5.32 Å². The quantitative estimate of drug-likeness (QED) is 0.705. The van der Waals surface area contributed by atoms with E-state index in [9.17, 15) is 0 Å². The first-order valence-electron chi connectivity index (χ1n) is 5.71. The van der Waals surface area contributed by atoms with Gasteiger partial charge in [-0.3, -0.25) is 0 Å². The van der Waals surface area contributed by atoms with E-state index in [1.165, 1.54) is 0 Å². The minimum Gasteiger partial charge on any atom is -0.381 e. The van der Waals surface area contributed by atoms with E-state index < -0.39 is 0 Å². The molecule has 0 aromatic carbocycles. The molecule has 0 bridgehead atoms. The van der Waals surface area contributed by atoms with Crippen molar-refractivity contribution in [1.29, 1.82) is 0 Å². The largest absolute Gasteiger partial charge is 0.381 e. The van der Waals surface area contributed by atoms with Crippen molar-refractivity contribution in [2.45, 2.75) is 32.7 Å². The summed E-state index contributed by atoms with van der Waals surface area (Å²) < 4.78 is 11.0. The smallest absolute Gasteiger partial charge is 0.0617 e. The lowest BCUT2D eigenvalue weighted by Gasteiger charge is -2.22. The Morgan fingerprint density at radius 1 is 1.43 bits per heavy atom. The summed E-state index contributed by atoms with van der Waals surface area (Å²) in [5.41, 5.74) is 0. The first kappa shape index (κ1) is 12.0. The molecule has 1 atom stereocenters. The highest BCUT2D eigenvalue weighted by Gasteiger charge is 2.13. The molecular formula is C11H23NO2. The first-order valence-corrected chi connectivity index (χ1v) is 5.71. The van der Waals surface area contributed by atoms with E-state index in [1.54, 1.807) is 0 Å². The van der Waals surface area contributed by atoms with E-state index >= 15 is 0 Å². The molecule has 1 N–H and O–H groups in total. The van der Waals surface area contributed by atoms with Crippen LogP contribution in [0.15, 0.2) is 0 Å². The molecule has 0 aromatic heterocycles. The van der Waals surface area contributed by atoms with Crippen LogP contribution in [0.5, 0.6) is 0 Å². The summed E-state index contributed by atoms with van der Waals surface area (Å²) in [5.74, 6) is 0.720. The summed E-state index contributed by atoms with van der Waals surface area (Å²) in [6, 6.07) is 0.472. The van der Waals surface area contributed by atoms with E-state index in [0.29, 0.717) is 6.04 Å². The van der Waals surface area contributed by atoms with Crippen molar-refractivity contribution in [2.24, 2.45) is 5.92 Å². The molecule has 0 amide bonds. The summed E-state index contributed by atoms with van der Waals surface area (Å²) in [6.07, 6.45) is 2.32. The zero-order chi connectivity index (χ0) is 10.2. The molecule has 0 radical (unpaired) electrons. The molecule has 0 saturated carbocycles. The molecule has 14 heavy (non-hydrogen) atoms. The van der Waals surface area contributed by atoms with Crippen molar-refractivity contribution in [3.63, 3.8) is 0 Å². The second-order valence-corrected chi connectivity index (χ2v) is 4.05. The van der Waals surface area contributed by atoms with Crippen LogP contribution in [0, 0.1) is 5.92 Å². The molecule has 1 unspecified atom stereocenters. The lowest BCUT2D eigenvalue weighted by atomic mass is 10.0. The van der Waals surface area contributed by atoms with E-state index in [-0.39, 0.29) is 0 Å². The van der Waals surface area contributed by atoms with Gasteiger partial charge in [-0.15, -0.1) is 0 Å². The van der Waals surface area contributed by atoms with Crippen LogP contribution in [0.1, 0.15) is 26.7 Å². The maximum atomic E-state index is 5.67. The van der Waals surface area contributed by atoms with Gasteiger partial charge in [-0.1, -0.05) is 6.92 Å². The fourth-order valence-electron chi connectivity index (χ4n) is 1.73. The van der Waals surface area contributed by atoms with Crippen LogP contribution in [0.3, 0.4) is 0 Å². The molecule has 0 aliphatic carbocycles. The Hall–Kier alpha value is -0.120. The molecule has 84 valence electrons. The van der Waals surface area contributed by atoms with E-state index in [4.69, 9.17) is 9.47 Å². The lowest BCUT2D eigenvalue weighted by Crippen LogP contribution is -2.31. The molecule has 1 heterocycles. The van der Waals surface area contributed by atoms with Gasteiger partial charge in [0.05, 0.1) is 6.61 Å². The highest BCUT2D eigenvalue weighted by molar-refractivity contribution is 4.63. The summed E-state index contributed by atoms with van der Waals surface area (Å²) >= 11 is 0. The average Bonchev–Trinajstić information content (AvgIpc) is 2.20. The Morgan fingerprint density at radius 3 is 2.79 bits per heavy atom. The van der Waals surface area contributed by atoms with E-state index in [1.807, 2.05) is 0 Å². The molecule has 3 nitrogen and oxygen atoms in total. The number of hydrogen-bond donors (Lipinski definition) is 1. The molecule has 0 spiro atoms. The summed E-state index contributed by atoms with van der Waals surface area (Å²) in [4.78, 5) is 0. The summed E-state index contributed by atoms with van der Waals surface area (Å²) in [6.45, 7) is 8.85. The van der Waals surface area contributed by atoms with Crippen molar-refractivity contribution < 1.29 is 9.47 Å². The Labute approximate surface area is 87.2 Å². The maximum absolute atomic E-state index is 5.67. The molecule has 0 aromatic rings. The zero-order valence-electron chi connectivity index (χ0n) is 9.42. The van der Waals surface area contributed by atoms with Crippen LogP contribution in [-0.2, 0) is 9.47 Å². The lowest BCUT2D eigenvalue weighted by molar-refractivity contribution is 0.0165. The Kier molecular flexibility index (Phi) is 6.15. The highest BCUT2D eigenvalue weighted by Crippen LogP contribution is 2.14. The fraction of sp³-hybridized carbons (Fsp3) is 1.00. The second-order valence-electron chi connectivity index (χ2n) is 4.05. The van der Waals surface area contributed by atoms with Gasteiger partial charge < -0.3 is 14.8 Å². The molecule has 1 fully saturated rings. The predicted octanol–water partition coefficient (Wildman–Crippen LogP) is 1.43. The maximum Gasteiger partial charge on any atom is 0.0617 e. The third kappa shape index (κ3) is 4.94. The van der Waals surface area contributed by atoms with Crippen molar-refractivity contribution in [3.8, 4) is 0 Å². The summed E-state index contributed by atoms with van der Waals surface area (Å²) in [5, 5.41) is 3.33. The Morgan fingerprint density at radius 2 is 2.14 bits per heavy atom. The van der Waals surface area contributed by atoms with Crippen molar-refractivity contribution in [2.75, 3.05) is 33.0 Å². The first-order chi connectivity index (χ1) is 6.83. The zero-order valence-corrected chi connectivity index (χ0v) is 9.42. The fourth-order valence-corrected chi connectivity index (χ4v) is 1.73. The van der Waals surface area contributed by atoms with Gasteiger partial charge in [0.25, 0.3) is 0 Å². The topological polar surface area (TPSA) is 30.5 Å². The van der Waals surface area contributed by atoms with Crippen LogP contribution >= 0.6 is 0 Å². The summed E-state index contributed by atoms with van der Waals surface area (Å²) in [7, 11) is 0. The van der Waals surface area contributed by atoms with Crippen LogP contribution in [0.2, 0.25) is 0 Å². The molecule has 1 rings (SSSR count). The number of rotatable bonds is 6. The minimum atomic E-state index is 0.472. The van der Waals surface area contributed by atoms with Gasteiger partial charge in [-0.25, -0.2) is 0 Å². The second kappa shape index (κ2) is 7.21. The standard InChI is InChI=1S/C11H23NO2/c1-3-12-10(2)8-14-9-11-4-6-13-7-5-11/h10-12H,3-9H2,1-2H3. The van der Waals surface area contributed by atoms with Gasteiger partial charge in [0.2, 0.25) is 0 Å². The van der Waals surface area contributed by atoms with Gasteiger partial charge in [-0.05, 0) is 32.2 Å². The molecule has 1 aliphatic heterocycles. The highest BCUT2D eigenvalue weighted by atomic mass is 16.5. The van der Waals surface area contributed by atoms with Gasteiger partial charge in [0, 0.05) is 25.9 Å². The molecular weight excluding hydrogens is 178 g/mol. The van der Waals surface area contributed by atoms with Gasteiger partial charge in [-0.2, -0.15) is 0 Å². The van der Waals surface area contributed by atoms with E-state index in [2.05, 4.69) is 19.2 Å². The van der Waals surface area contributed by atoms with Crippen molar-refractivity contribution in [3.05, 3.63) is 0 Å². The molecule has 3 heteroatoms. The van der Waals surface area contributed by atoms with Crippen LogP contribution in [0.25, 0.3) is 0 Å². The third-order valence-corrected chi connectivity index (χ3v) is 2.61. The van der Waals surface area contributed by atoms with Crippen molar-refractivity contribution in [1.82, 2.24) is 5.32 Å². The predicted molar refractivity (Wildman–Crippen MR) is 57.5 cm³/mol. The van der Waals surface area contributed by atoms with Crippen LogP contribution in [0.4, 0.5) is 0 Å². The van der Waals surface area contributed by atoms with E-state index in [0.717, 1.165) is 51.7 Å². The minimum absolute atomic E-state index is 0.472. The van der Waals surface area contributed by atoms with Gasteiger partial charge in [0.1, 0.15) is 0 Å². The van der Waals surface area contributed by atoms with Crippen molar-refractivity contribution >= 4 is 0 Å². The van der Waals surface area contributed by atoms with Gasteiger partial charge in [0.15, 0.2) is 0 Å². The Balaban J connectivity index is 1.96. The number of likely N-dealkylation sites (N-methyl/N-ethyl adjacent to an activating group) is 1. The SMILES string of the molecule is CCNC(C)COCC1CCOCC1. The number of ether oxygens (including phenoxy) is 2. The Bertz CT molecular complexity index is 135. The number of hydrogen-bond acceptors (Lipinski definition) is 3.